The van der Waals surface area contributed by atoms with E-state index in [1.165, 1.54) is 32.5 Å². The molecule has 0 aliphatic carbocycles. The lowest BCUT2D eigenvalue weighted by atomic mass is 9.98. The summed E-state index contributed by atoms with van der Waals surface area (Å²) in [4.78, 5) is 46.5. The van der Waals surface area contributed by atoms with E-state index in [2.05, 4.69) is 42.7 Å². The third kappa shape index (κ3) is 5.54. The van der Waals surface area contributed by atoms with Gasteiger partial charge in [0.2, 0.25) is 5.95 Å². The maximum atomic E-state index is 14.2. The van der Waals surface area contributed by atoms with E-state index in [9.17, 15) is 22.8 Å². The zero-order valence-corrected chi connectivity index (χ0v) is 25.2. The molecule has 0 saturated heterocycles. The number of nitrogens with zero attached hydrogens (tertiary/aromatic N) is 8. The Hall–Kier alpha value is -4.46. The highest BCUT2D eigenvalue weighted by Crippen LogP contribution is 2.36. The molecule has 0 radical (unpaired) electrons. The monoisotopic (exact) mass is 654 g/mol. The number of rotatable bonds is 5. The molecule has 0 bridgehead atoms. The number of carbonyl (C=O) groups is 1. The minimum Gasteiger partial charge on any atom is -0.330 e. The first-order valence-corrected chi connectivity index (χ1v) is 13.9. The van der Waals surface area contributed by atoms with Crippen molar-refractivity contribution in [1.29, 1.82) is 0 Å². The zero-order chi connectivity index (χ0) is 31.2. The predicted octanol–water partition coefficient (Wildman–Crippen LogP) is 5.85. The summed E-state index contributed by atoms with van der Waals surface area (Å²) in [7, 11) is 0. The number of pyridine rings is 1. The minimum atomic E-state index is -4.65. The van der Waals surface area contributed by atoms with E-state index in [1.807, 2.05) is 13.0 Å². The summed E-state index contributed by atoms with van der Waals surface area (Å²) in [6.07, 6.45) is -1.47. The summed E-state index contributed by atoms with van der Waals surface area (Å²) in [5, 5.41) is 4.53. The highest BCUT2D eigenvalue weighted by atomic mass is 79.9. The summed E-state index contributed by atoms with van der Waals surface area (Å²) < 4.78 is 43.4. The Balaban J connectivity index is 1.66. The van der Waals surface area contributed by atoms with Crippen LogP contribution in [-0.4, -0.2) is 54.1 Å². The standard InChI is InChI=1S/C29H26BrF3N8O2/c1-6-35-23-12-19(13-36-25(23)34-5)40-27(43)20-10-16(3)39(14-24(20)37-28(40)41-17(4)9-15(2)38-41)26(42)18-7-8-22(30)21(11-18)29(31,32)33/h6-9,11-13,16H,5,10,14H2,1-4H3/b35-6-/t16-/m1/s1. The number of amides is 1. The van der Waals surface area contributed by atoms with Crippen molar-refractivity contribution in [3.05, 3.63) is 85.1 Å². The third-order valence-corrected chi connectivity index (χ3v) is 7.78. The number of aliphatic imine (C=N–C) groups is 2. The largest absolute Gasteiger partial charge is 0.417 e. The highest BCUT2D eigenvalue weighted by molar-refractivity contribution is 9.10. The first kappa shape index (κ1) is 30.0. The third-order valence-electron chi connectivity index (χ3n) is 7.08. The van der Waals surface area contributed by atoms with Gasteiger partial charge in [-0.05, 0) is 71.2 Å². The number of benzene rings is 1. The molecule has 4 aromatic rings. The van der Waals surface area contributed by atoms with Gasteiger partial charge in [0.1, 0.15) is 5.69 Å². The quantitative estimate of drug-likeness (QED) is 0.251. The summed E-state index contributed by atoms with van der Waals surface area (Å²) in [5.74, 6) is -0.154. The van der Waals surface area contributed by atoms with Gasteiger partial charge in [0, 0.05) is 33.5 Å². The van der Waals surface area contributed by atoms with Crippen LogP contribution in [0.15, 0.2) is 55.8 Å². The minimum absolute atomic E-state index is 0.0852. The van der Waals surface area contributed by atoms with Crippen LogP contribution in [0.3, 0.4) is 0 Å². The average Bonchev–Trinajstić information content (AvgIpc) is 3.29. The summed E-state index contributed by atoms with van der Waals surface area (Å²) in [5.41, 5.74) is 1.41. The van der Waals surface area contributed by atoms with Gasteiger partial charge in [-0.25, -0.2) is 24.2 Å². The molecule has 4 heterocycles. The van der Waals surface area contributed by atoms with Crippen LogP contribution in [0.5, 0.6) is 0 Å². The van der Waals surface area contributed by atoms with Crippen LogP contribution in [0.2, 0.25) is 0 Å². The Bertz CT molecular complexity index is 1860. The molecule has 0 unspecified atom stereocenters. The van der Waals surface area contributed by atoms with Crippen molar-refractivity contribution < 1.29 is 18.0 Å². The number of carbonyl (C=O) groups excluding carboxylic acids is 1. The fourth-order valence-electron chi connectivity index (χ4n) is 5.08. The molecule has 5 rings (SSSR count). The molecule has 1 aliphatic heterocycles. The second-order valence-corrected chi connectivity index (χ2v) is 10.9. The van der Waals surface area contributed by atoms with Gasteiger partial charge in [0.25, 0.3) is 11.5 Å². The van der Waals surface area contributed by atoms with Gasteiger partial charge in [-0.1, -0.05) is 15.9 Å². The Morgan fingerprint density at radius 2 is 1.95 bits per heavy atom. The van der Waals surface area contributed by atoms with Crippen molar-refractivity contribution in [3.8, 4) is 11.6 Å². The Morgan fingerprint density at radius 3 is 2.58 bits per heavy atom. The van der Waals surface area contributed by atoms with Gasteiger partial charge in [-0.3, -0.25) is 14.6 Å². The van der Waals surface area contributed by atoms with E-state index >= 15 is 0 Å². The van der Waals surface area contributed by atoms with Crippen molar-refractivity contribution in [2.75, 3.05) is 0 Å². The number of fused-ring (bicyclic) bond motifs is 1. The van der Waals surface area contributed by atoms with Crippen LogP contribution >= 0.6 is 15.9 Å². The van der Waals surface area contributed by atoms with E-state index in [1.54, 1.807) is 33.1 Å². The van der Waals surface area contributed by atoms with Gasteiger partial charge in [-0.15, -0.1) is 0 Å². The van der Waals surface area contributed by atoms with E-state index < -0.39 is 23.7 Å². The van der Waals surface area contributed by atoms with Crippen LogP contribution in [0.1, 0.15) is 52.4 Å². The Labute approximate surface area is 252 Å². The van der Waals surface area contributed by atoms with Crippen molar-refractivity contribution in [1.82, 2.24) is 29.2 Å². The van der Waals surface area contributed by atoms with Crippen LogP contribution in [0.25, 0.3) is 11.6 Å². The second-order valence-electron chi connectivity index (χ2n) is 10.1. The molecule has 1 aromatic carbocycles. The highest BCUT2D eigenvalue weighted by Gasteiger charge is 2.36. The van der Waals surface area contributed by atoms with Crippen molar-refractivity contribution in [3.63, 3.8) is 0 Å². The van der Waals surface area contributed by atoms with Gasteiger partial charge in [-0.2, -0.15) is 18.3 Å². The maximum Gasteiger partial charge on any atom is 0.417 e. The van der Waals surface area contributed by atoms with Crippen LogP contribution in [0.4, 0.5) is 24.7 Å². The lowest BCUT2D eigenvalue weighted by molar-refractivity contribution is -0.138. The van der Waals surface area contributed by atoms with Gasteiger partial charge in [0.15, 0.2) is 5.82 Å². The molecule has 222 valence electrons. The first-order valence-electron chi connectivity index (χ1n) is 13.2. The molecule has 1 aliphatic rings. The van der Waals surface area contributed by atoms with E-state index in [0.29, 0.717) is 34.0 Å². The normalized spacial score (nSPS) is 15.2. The lowest BCUT2D eigenvalue weighted by Gasteiger charge is -2.34. The predicted molar refractivity (Wildman–Crippen MR) is 159 cm³/mol. The molecule has 43 heavy (non-hydrogen) atoms. The molecule has 14 heteroatoms. The molecule has 1 atom stereocenters. The number of aromatic nitrogens is 5. The SMILES string of the molecule is C=Nc1ncc(-n2c(-n3nc(C)cc3C)nc3c(c2=O)C[C@@H](C)N(C(=O)c2ccc(Br)c(C(F)(F)F)c2)C3)cc1/N=C\C. The topological polar surface area (TPSA) is 111 Å². The number of aryl methyl sites for hydroxylation is 2. The molecular formula is C29H26BrF3N8O2. The van der Waals surface area contributed by atoms with E-state index in [0.717, 1.165) is 6.07 Å². The first-order chi connectivity index (χ1) is 20.3. The fourth-order valence-corrected chi connectivity index (χ4v) is 5.55. The van der Waals surface area contributed by atoms with E-state index in [-0.39, 0.29) is 40.3 Å². The molecule has 0 spiro atoms. The molecule has 3 aromatic heterocycles. The molecule has 0 fully saturated rings. The molecule has 0 N–H and O–H groups in total. The van der Waals surface area contributed by atoms with Crippen LogP contribution < -0.4 is 5.56 Å². The summed E-state index contributed by atoms with van der Waals surface area (Å²) in [6, 6.07) is 6.33. The van der Waals surface area contributed by atoms with Crippen molar-refractivity contribution in [2.24, 2.45) is 9.98 Å². The van der Waals surface area contributed by atoms with Crippen LogP contribution in [0, 0.1) is 13.8 Å². The van der Waals surface area contributed by atoms with Gasteiger partial charge >= 0.3 is 6.18 Å². The van der Waals surface area contributed by atoms with Gasteiger partial charge < -0.3 is 4.90 Å². The van der Waals surface area contributed by atoms with Crippen molar-refractivity contribution >= 4 is 46.3 Å². The van der Waals surface area contributed by atoms with Gasteiger partial charge in [0.05, 0.1) is 35.4 Å². The van der Waals surface area contributed by atoms with Crippen molar-refractivity contribution in [2.45, 2.75) is 52.9 Å². The Kier molecular flexibility index (Phi) is 7.90. The number of alkyl halides is 3. The maximum absolute atomic E-state index is 14.2. The molecule has 1 amide bonds. The summed E-state index contributed by atoms with van der Waals surface area (Å²) >= 11 is 2.92. The fraction of sp³-hybridized carbons (Fsp3) is 0.276. The zero-order valence-electron chi connectivity index (χ0n) is 23.6. The molecular weight excluding hydrogens is 629 g/mol. The lowest BCUT2D eigenvalue weighted by Crippen LogP contribution is -2.46. The second kappa shape index (κ2) is 11.3. The summed E-state index contributed by atoms with van der Waals surface area (Å²) in [6.45, 7) is 10.5. The number of hydrogen-bond acceptors (Lipinski definition) is 7. The molecule has 0 saturated carbocycles. The van der Waals surface area contributed by atoms with E-state index in [4.69, 9.17) is 4.98 Å². The molecule has 10 nitrogen and oxygen atoms in total. The van der Waals surface area contributed by atoms with Crippen LogP contribution in [-0.2, 0) is 19.1 Å². The number of halogens is 4. The smallest absolute Gasteiger partial charge is 0.330 e. The number of hydrogen-bond donors (Lipinski definition) is 0. The average molecular weight is 655 g/mol. The Morgan fingerprint density at radius 1 is 1.21 bits per heavy atom.